The summed E-state index contributed by atoms with van der Waals surface area (Å²) in [4.78, 5) is 0. The number of aromatic hydroxyl groups is 1. The van der Waals surface area contributed by atoms with Crippen LogP contribution in [0.2, 0.25) is 0 Å². The van der Waals surface area contributed by atoms with E-state index in [1.54, 1.807) is 12.1 Å². The molecule has 0 spiro atoms. The van der Waals surface area contributed by atoms with E-state index in [-0.39, 0.29) is 38.5 Å². The van der Waals surface area contributed by atoms with Crippen molar-refractivity contribution < 1.29 is 42.4 Å². The molecule has 2 nitrogen and oxygen atoms in total. The van der Waals surface area contributed by atoms with Crippen molar-refractivity contribution in [2.45, 2.75) is 0 Å². The molecule has 1 aliphatic rings. The SMILES string of the molecule is C[N+](C)=C1C=[C-]/C(=C\c2[c-]cc(O)cc2)C=C1.[Y]. The van der Waals surface area contributed by atoms with Crippen LogP contribution in [0.25, 0.3) is 6.08 Å². The predicted octanol–water partition coefficient (Wildman–Crippen LogP) is 2.22. The van der Waals surface area contributed by atoms with Crippen molar-refractivity contribution in [3.8, 4) is 5.75 Å². The van der Waals surface area contributed by atoms with Crippen molar-refractivity contribution in [3.05, 3.63) is 59.7 Å². The quantitative estimate of drug-likeness (QED) is 0.624. The number of allylic oxidation sites excluding steroid dienone is 5. The molecule has 1 aromatic carbocycles. The van der Waals surface area contributed by atoms with Crippen LogP contribution in [0.4, 0.5) is 0 Å². The molecule has 0 aliphatic heterocycles. The van der Waals surface area contributed by atoms with Crippen LogP contribution in [-0.4, -0.2) is 29.5 Å². The largest absolute Gasteiger partial charge is 0.551 e. The van der Waals surface area contributed by atoms with Gasteiger partial charge in [-0.2, -0.15) is 11.1 Å². The van der Waals surface area contributed by atoms with Crippen LogP contribution in [0.3, 0.4) is 0 Å². The van der Waals surface area contributed by atoms with Gasteiger partial charge in [0.25, 0.3) is 0 Å². The average Bonchev–Trinajstić information content (AvgIpc) is 2.33. The number of phenols is 1. The summed E-state index contributed by atoms with van der Waals surface area (Å²) in [5.41, 5.74) is 3.05. The van der Waals surface area contributed by atoms with Crippen molar-refractivity contribution in [3.63, 3.8) is 0 Å². The first-order chi connectivity index (χ1) is 8.15. The summed E-state index contributed by atoms with van der Waals surface area (Å²) in [7, 11) is 4.00. The number of phenolic OH excluding ortho intramolecular Hbond substituents is 1. The third kappa shape index (κ3) is 4.04. The molecule has 1 N–H and O–H groups in total. The maximum atomic E-state index is 9.16. The fourth-order valence-electron chi connectivity index (χ4n) is 1.48. The van der Waals surface area contributed by atoms with Gasteiger partial charge < -0.3 is 5.11 Å². The first kappa shape index (κ1) is 15.1. The second kappa shape index (κ2) is 6.82. The van der Waals surface area contributed by atoms with Crippen molar-refractivity contribution in [2.24, 2.45) is 0 Å². The normalized spacial score (nSPS) is 15.7. The Morgan fingerprint density at radius 3 is 2.50 bits per heavy atom. The Kier molecular flexibility index (Phi) is 5.71. The van der Waals surface area contributed by atoms with E-state index >= 15 is 0 Å². The van der Waals surface area contributed by atoms with Gasteiger partial charge in [0.15, 0.2) is 0 Å². The maximum Gasteiger partial charge on any atom is 0.124 e. The van der Waals surface area contributed by atoms with E-state index in [0.29, 0.717) is 0 Å². The first-order valence-electron chi connectivity index (χ1n) is 5.40. The minimum Gasteiger partial charge on any atom is -0.551 e. The van der Waals surface area contributed by atoms with Crippen molar-refractivity contribution in [1.82, 2.24) is 0 Å². The average molecular weight is 313 g/mol. The fourth-order valence-corrected chi connectivity index (χ4v) is 1.48. The van der Waals surface area contributed by atoms with E-state index in [1.165, 1.54) is 0 Å². The van der Waals surface area contributed by atoms with Gasteiger partial charge in [-0.25, -0.2) is 0 Å². The van der Waals surface area contributed by atoms with Crippen molar-refractivity contribution >= 4 is 11.8 Å². The zero-order chi connectivity index (χ0) is 12.3. The fraction of sp³-hybridized carbons (Fsp3) is 0.133. The van der Waals surface area contributed by atoms with Gasteiger partial charge >= 0.3 is 0 Å². The molecule has 0 fully saturated rings. The van der Waals surface area contributed by atoms with Gasteiger partial charge in [-0.15, -0.1) is 42.5 Å². The number of nitrogens with zero attached hydrogens (tertiary/aromatic N) is 1. The molecule has 1 aliphatic carbocycles. The van der Waals surface area contributed by atoms with E-state index in [0.717, 1.165) is 16.8 Å². The predicted molar refractivity (Wildman–Crippen MR) is 69.0 cm³/mol. The Labute approximate surface area is 133 Å². The summed E-state index contributed by atoms with van der Waals surface area (Å²) in [5, 5.41) is 9.16. The number of hydrogen-bond donors (Lipinski definition) is 1. The van der Waals surface area contributed by atoms with Crippen LogP contribution in [0, 0.1) is 12.1 Å². The van der Waals surface area contributed by atoms with Crippen LogP contribution in [-0.2, 0) is 32.7 Å². The molecule has 0 atom stereocenters. The van der Waals surface area contributed by atoms with E-state index in [2.05, 4.69) is 12.1 Å². The monoisotopic (exact) mass is 313 g/mol. The Bertz CT molecular complexity index is 514. The van der Waals surface area contributed by atoms with Gasteiger partial charge in [-0.1, -0.05) is 12.2 Å². The van der Waals surface area contributed by atoms with E-state index in [9.17, 15) is 0 Å². The molecule has 0 heterocycles. The van der Waals surface area contributed by atoms with Gasteiger partial charge in [-0.3, -0.25) is 4.58 Å². The third-order valence-corrected chi connectivity index (χ3v) is 2.47. The number of rotatable bonds is 1. The second-order valence-electron chi connectivity index (χ2n) is 4.04. The van der Waals surface area contributed by atoms with E-state index < -0.39 is 0 Å². The van der Waals surface area contributed by atoms with Crippen LogP contribution >= 0.6 is 0 Å². The van der Waals surface area contributed by atoms with Crippen molar-refractivity contribution in [2.75, 3.05) is 14.1 Å². The Balaban J connectivity index is 0.00000162. The number of hydrogen-bond acceptors (Lipinski definition) is 1. The Morgan fingerprint density at radius 1 is 1.22 bits per heavy atom. The minimum absolute atomic E-state index is 0. The Morgan fingerprint density at radius 2 is 2.00 bits per heavy atom. The summed E-state index contributed by atoms with van der Waals surface area (Å²) in [5.74, 6) is 0.231. The van der Waals surface area contributed by atoms with Gasteiger partial charge in [0, 0.05) is 38.5 Å². The van der Waals surface area contributed by atoms with Gasteiger partial charge in [0.1, 0.15) is 19.8 Å². The Hall–Kier alpha value is -0.986. The van der Waals surface area contributed by atoms with Gasteiger partial charge in [-0.05, 0) is 0 Å². The number of benzene rings is 1. The summed E-state index contributed by atoms with van der Waals surface area (Å²) in [6.45, 7) is 0. The molecule has 89 valence electrons. The zero-order valence-electron chi connectivity index (χ0n) is 10.5. The molecule has 18 heavy (non-hydrogen) atoms. The first-order valence-corrected chi connectivity index (χ1v) is 5.40. The van der Waals surface area contributed by atoms with Gasteiger partial charge in [0.2, 0.25) is 0 Å². The summed E-state index contributed by atoms with van der Waals surface area (Å²) in [6, 6.07) is 8.01. The zero-order valence-corrected chi connectivity index (χ0v) is 13.4. The molecule has 1 radical (unpaired) electrons. The molecule has 1 aromatic rings. The second-order valence-corrected chi connectivity index (χ2v) is 4.04. The molecule has 0 saturated carbocycles. The van der Waals surface area contributed by atoms with Crippen molar-refractivity contribution in [1.29, 1.82) is 0 Å². The maximum absolute atomic E-state index is 9.16. The summed E-state index contributed by atoms with van der Waals surface area (Å²) >= 11 is 0. The van der Waals surface area contributed by atoms with Crippen LogP contribution in [0.5, 0.6) is 5.75 Å². The molecule has 0 unspecified atom stereocenters. The molecule has 0 saturated heterocycles. The molecular formula is C15H14NOY-. The molecule has 2 rings (SSSR count). The van der Waals surface area contributed by atoms with Gasteiger partial charge in [0.05, 0.1) is 0 Å². The molecular weight excluding hydrogens is 299 g/mol. The van der Waals surface area contributed by atoms with E-state index in [4.69, 9.17) is 5.11 Å². The smallest absolute Gasteiger partial charge is 0.124 e. The van der Waals surface area contributed by atoms with Crippen LogP contribution in [0.15, 0.2) is 42.0 Å². The third-order valence-electron chi connectivity index (χ3n) is 2.47. The summed E-state index contributed by atoms with van der Waals surface area (Å²) < 4.78 is 2.03. The molecule has 3 heteroatoms. The minimum atomic E-state index is 0. The molecule has 0 amide bonds. The molecule has 0 bridgehead atoms. The molecule has 0 aromatic heterocycles. The topological polar surface area (TPSA) is 23.2 Å². The van der Waals surface area contributed by atoms with Crippen LogP contribution in [0.1, 0.15) is 5.56 Å². The standard InChI is InChI=1S/C15H13NO.Y/c1-16(2)14-7-3-12(4-8-14)11-13-5-9-15(17)10-6-13;/h3,5,7-11H,1-2H3;/q-2;/p+1. The van der Waals surface area contributed by atoms with E-state index in [1.807, 2.05) is 49.0 Å². The summed E-state index contributed by atoms with van der Waals surface area (Å²) in [6.07, 6.45) is 11.2. The van der Waals surface area contributed by atoms with Crippen LogP contribution < -0.4 is 0 Å².